The van der Waals surface area contributed by atoms with E-state index in [2.05, 4.69) is 17.6 Å². The number of rotatable bonds is 6. The van der Waals surface area contributed by atoms with Gasteiger partial charge in [-0.1, -0.05) is 0 Å². The molecule has 0 fully saturated rings. The summed E-state index contributed by atoms with van der Waals surface area (Å²) in [4.78, 5) is 18.8. The van der Waals surface area contributed by atoms with E-state index in [1.807, 2.05) is 51.8 Å². The molecule has 1 aromatic carbocycles. The molecule has 1 atom stereocenters. The lowest BCUT2D eigenvalue weighted by Gasteiger charge is -2.25. The monoisotopic (exact) mass is 390 g/mol. The van der Waals surface area contributed by atoms with E-state index in [9.17, 15) is 4.79 Å². The van der Waals surface area contributed by atoms with Crippen molar-refractivity contribution in [2.24, 2.45) is 4.99 Å². The van der Waals surface area contributed by atoms with Crippen molar-refractivity contribution in [3.05, 3.63) is 23.3 Å². The molecule has 7 nitrogen and oxygen atoms in total. The normalized spacial score (nSPS) is 16.2. The maximum absolute atomic E-state index is 12.2. The van der Waals surface area contributed by atoms with Gasteiger partial charge in [-0.3, -0.25) is 4.79 Å². The third-order valence-corrected chi connectivity index (χ3v) is 4.29. The Labute approximate surface area is 168 Å². The highest BCUT2D eigenvalue weighted by atomic mass is 16.5. The Morgan fingerprint density at radius 2 is 2.11 bits per heavy atom. The zero-order valence-corrected chi connectivity index (χ0v) is 18.2. The standard InChI is InChI=1S/C21H34N4O3/c1-8-22-20(25(6)13-19(26)24-21(3,4)5)23-12-16-11-18-15(9-14(2)28-18)10-17(16)27-7/h10-11,14H,8-9,12-13H2,1-7H3,(H,22,23)(H,24,26). The van der Waals surface area contributed by atoms with Gasteiger partial charge in [-0.2, -0.15) is 0 Å². The lowest BCUT2D eigenvalue weighted by atomic mass is 10.1. The van der Waals surface area contributed by atoms with Crippen LogP contribution in [0.1, 0.15) is 45.7 Å². The van der Waals surface area contributed by atoms with Crippen molar-refractivity contribution in [1.82, 2.24) is 15.5 Å². The second kappa shape index (κ2) is 9.17. The number of hydrogen-bond acceptors (Lipinski definition) is 4. The maximum atomic E-state index is 12.2. The number of nitrogens with zero attached hydrogens (tertiary/aromatic N) is 2. The Bertz CT molecular complexity index is 725. The molecule has 1 unspecified atom stereocenters. The highest BCUT2D eigenvalue weighted by Gasteiger charge is 2.22. The number of nitrogens with one attached hydrogen (secondary N) is 2. The lowest BCUT2D eigenvalue weighted by molar-refractivity contribution is -0.122. The van der Waals surface area contributed by atoms with E-state index in [1.54, 1.807) is 7.11 Å². The van der Waals surface area contributed by atoms with E-state index in [0.29, 0.717) is 19.0 Å². The molecule has 1 aliphatic heterocycles. The van der Waals surface area contributed by atoms with Crippen LogP contribution in [0.2, 0.25) is 0 Å². The van der Waals surface area contributed by atoms with Crippen LogP contribution in [0, 0.1) is 0 Å². The highest BCUT2D eigenvalue weighted by molar-refractivity contribution is 5.86. The summed E-state index contributed by atoms with van der Waals surface area (Å²) in [5.74, 6) is 2.34. The minimum absolute atomic E-state index is 0.0434. The first kappa shape index (κ1) is 21.9. The maximum Gasteiger partial charge on any atom is 0.240 e. The number of amides is 1. The van der Waals surface area contributed by atoms with Crippen LogP contribution < -0.4 is 20.1 Å². The molecule has 28 heavy (non-hydrogen) atoms. The fraction of sp³-hybridized carbons (Fsp3) is 0.619. The van der Waals surface area contributed by atoms with Gasteiger partial charge < -0.3 is 25.0 Å². The summed E-state index contributed by atoms with van der Waals surface area (Å²) in [6.07, 6.45) is 1.08. The molecule has 2 N–H and O–H groups in total. The minimum atomic E-state index is -0.262. The number of hydrogen-bond donors (Lipinski definition) is 2. The van der Waals surface area contributed by atoms with Crippen LogP contribution in [0.3, 0.4) is 0 Å². The topological polar surface area (TPSA) is 75.2 Å². The predicted octanol–water partition coefficient (Wildman–Crippen LogP) is 2.33. The number of carbonyl (C=O) groups excluding carboxylic acids is 1. The molecule has 2 rings (SSSR count). The van der Waals surface area contributed by atoms with Gasteiger partial charge in [0.15, 0.2) is 5.96 Å². The fourth-order valence-corrected chi connectivity index (χ4v) is 3.17. The lowest BCUT2D eigenvalue weighted by Crippen LogP contribution is -2.48. The van der Waals surface area contributed by atoms with Crippen LogP contribution in [0.15, 0.2) is 17.1 Å². The number of guanidine groups is 1. The van der Waals surface area contributed by atoms with Crippen molar-refractivity contribution in [2.75, 3.05) is 27.2 Å². The van der Waals surface area contributed by atoms with E-state index in [0.717, 1.165) is 23.5 Å². The summed E-state index contributed by atoms with van der Waals surface area (Å²) in [5.41, 5.74) is 1.86. The summed E-state index contributed by atoms with van der Waals surface area (Å²) >= 11 is 0. The van der Waals surface area contributed by atoms with E-state index in [1.165, 1.54) is 5.56 Å². The first-order valence-corrected chi connectivity index (χ1v) is 9.79. The third-order valence-electron chi connectivity index (χ3n) is 4.29. The second-order valence-corrected chi connectivity index (χ2v) is 8.23. The molecule has 0 saturated carbocycles. The van der Waals surface area contributed by atoms with E-state index in [-0.39, 0.29) is 24.1 Å². The molecule has 1 aromatic rings. The Morgan fingerprint density at radius 3 is 2.71 bits per heavy atom. The number of aliphatic imine (C=N–C) groups is 1. The van der Waals surface area contributed by atoms with E-state index < -0.39 is 0 Å². The van der Waals surface area contributed by atoms with E-state index in [4.69, 9.17) is 14.5 Å². The Morgan fingerprint density at radius 1 is 1.39 bits per heavy atom. The van der Waals surface area contributed by atoms with Crippen LogP contribution in [0.5, 0.6) is 11.5 Å². The van der Waals surface area contributed by atoms with Crippen LogP contribution in [0.4, 0.5) is 0 Å². The Kier molecular flexibility index (Phi) is 7.16. The fourth-order valence-electron chi connectivity index (χ4n) is 3.17. The molecular weight excluding hydrogens is 356 g/mol. The van der Waals surface area contributed by atoms with Crippen molar-refractivity contribution in [3.63, 3.8) is 0 Å². The van der Waals surface area contributed by atoms with Crippen LogP contribution >= 0.6 is 0 Å². The summed E-state index contributed by atoms with van der Waals surface area (Å²) in [6.45, 7) is 11.3. The largest absolute Gasteiger partial charge is 0.496 e. The van der Waals surface area contributed by atoms with Gasteiger partial charge in [0.2, 0.25) is 5.91 Å². The number of benzene rings is 1. The number of likely N-dealkylation sites (N-methyl/N-ethyl adjacent to an activating group) is 1. The van der Waals surface area contributed by atoms with Crippen molar-refractivity contribution in [3.8, 4) is 11.5 Å². The van der Waals surface area contributed by atoms with Crippen molar-refractivity contribution in [1.29, 1.82) is 0 Å². The first-order valence-electron chi connectivity index (χ1n) is 9.79. The molecule has 1 aliphatic rings. The summed E-state index contributed by atoms with van der Waals surface area (Å²) in [6, 6.07) is 4.05. The molecular formula is C21H34N4O3. The van der Waals surface area contributed by atoms with Crippen LogP contribution in [-0.4, -0.2) is 55.7 Å². The molecule has 0 aliphatic carbocycles. The van der Waals surface area contributed by atoms with Gasteiger partial charge in [0.05, 0.1) is 20.2 Å². The predicted molar refractivity (Wildman–Crippen MR) is 112 cm³/mol. The van der Waals surface area contributed by atoms with Crippen molar-refractivity contribution in [2.45, 2.75) is 59.2 Å². The van der Waals surface area contributed by atoms with Gasteiger partial charge in [-0.05, 0) is 46.8 Å². The smallest absolute Gasteiger partial charge is 0.240 e. The number of methoxy groups -OCH3 is 1. The molecule has 7 heteroatoms. The highest BCUT2D eigenvalue weighted by Crippen LogP contribution is 2.35. The molecule has 156 valence electrons. The van der Waals surface area contributed by atoms with Gasteiger partial charge in [0.1, 0.15) is 17.6 Å². The van der Waals surface area contributed by atoms with Gasteiger partial charge in [0, 0.05) is 36.7 Å². The first-order chi connectivity index (χ1) is 13.1. The van der Waals surface area contributed by atoms with E-state index >= 15 is 0 Å². The van der Waals surface area contributed by atoms with Crippen LogP contribution in [-0.2, 0) is 17.8 Å². The molecule has 0 spiro atoms. The molecule has 0 bridgehead atoms. The minimum Gasteiger partial charge on any atom is -0.496 e. The number of ether oxygens (including phenoxy) is 2. The Hall–Kier alpha value is -2.44. The average molecular weight is 391 g/mol. The summed E-state index contributed by atoms with van der Waals surface area (Å²) < 4.78 is 11.4. The van der Waals surface area contributed by atoms with Gasteiger partial charge in [0.25, 0.3) is 0 Å². The number of carbonyl (C=O) groups is 1. The summed E-state index contributed by atoms with van der Waals surface area (Å²) in [7, 11) is 3.52. The molecule has 0 radical (unpaired) electrons. The van der Waals surface area contributed by atoms with Gasteiger partial charge in [-0.25, -0.2) is 4.99 Å². The third kappa shape index (κ3) is 6.04. The zero-order valence-electron chi connectivity index (χ0n) is 18.2. The molecule has 0 saturated heterocycles. The molecule has 1 heterocycles. The van der Waals surface area contributed by atoms with Crippen molar-refractivity contribution >= 4 is 11.9 Å². The quantitative estimate of drug-likeness (QED) is 0.576. The van der Waals surface area contributed by atoms with Gasteiger partial charge in [-0.15, -0.1) is 0 Å². The summed E-state index contributed by atoms with van der Waals surface area (Å²) in [5, 5.41) is 6.21. The number of fused-ring (bicyclic) bond motifs is 1. The molecule has 1 amide bonds. The van der Waals surface area contributed by atoms with Crippen molar-refractivity contribution < 1.29 is 14.3 Å². The average Bonchev–Trinajstić information content (AvgIpc) is 2.94. The Balaban J connectivity index is 2.14. The van der Waals surface area contributed by atoms with Gasteiger partial charge >= 0.3 is 0 Å². The zero-order chi connectivity index (χ0) is 20.9. The molecule has 0 aromatic heterocycles. The SMILES string of the molecule is CCNC(=NCc1cc2c(cc1OC)CC(C)O2)N(C)CC(=O)NC(C)(C)C. The van der Waals surface area contributed by atoms with Crippen LogP contribution in [0.25, 0.3) is 0 Å². The second-order valence-electron chi connectivity index (χ2n) is 8.23.